The summed E-state index contributed by atoms with van der Waals surface area (Å²) in [5.74, 6) is 0.0867. The standard InChI is InChI=1S/C27H25N5O3S/c1-16-9-14-21(17(2)15-16)28-25(33)23-22(18-10-12-20(13-11-18)26(34)35-3)31-32-24(29-30-27(32)36-23)19-7-5-4-6-8-19/h4-15,22-23,31H,1-3H3,(H,28,33)/t22-,23+/m0/s1. The van der Waals surface area contributed by atoms with E-state index in [1.54, 1.807) is 12.1 Å². The van der Waals surface area contributed by atoms with Crippen molar-refractivity contribution in [2.75, 3.05) is 17.9 Å². The number of thioether (sulfide) groups is 1. The molecule has 1 aliphatic heterocycles. The number of carbonyl (C=O) groups is 2. The maximum absolute atomic E-state index is 13.6. The van der Waals surface area contributed by atoms with Crippen LogP contribution in [0.2, 0.25) is 0 Å². The Morgan fingerprint density at radius 1 is 1.00 bits per heavy atom. The summed E-state index contributed by atoms with van der Waals surface area (Å²) in [6, 6.07) is 22.3. The van der Waals surface area contributed by atoms with Crippen LogP contribution in [0, 0.1) is 13.8 Å². The summed E-state index contributed by atoms with van der Waals surface area (Å²) in [5, 5.41) is 11.9. The molecule has 1 aromatic heterocycles. The van der Waals surface area contributed by atoms with Crippen LogP contribution in [-0.2, 0) is 9.53 Å². The van der Waals surface area contributed by atoms with Gasteiger partial charge in [-0.25, -0.2) is 9.47 Å². The van der Waals surface area contributed by atoms with Gasteiger partial charge in [-0.05, 0) is 43.2 Å². The average Bonchev–Trinajstić information content (AvgIpc) is 3.32. The number of rotatable bonds is 5. The van der Waals surface area contributed by atoms with Gasteiger partial charge in [-0.2, -0.15) is 0 Å². The number of fused-ring (bicyclic) bond motifs is 1. The van der Waals surface area contributed by atoms with Crippen LogP contribution in [0.3, 0.4) is 0 Å². The normalized spacial score (nSPS) is 16.5. The molecular formula is C27H25N5O3S. The van der Waals surface area contributed by atoms with Gasteiger partial charge < -0.3 is 15.5 Å². The number of benzene rings is 3. The molecule has 0 saturated heterocycles. The Bertz CT molecular complexity index is 1420. The minimum atomic E-state index is -0.546. The number of hydrogen-bond acceptors (Lipinski definition) is 7. The molecule has 9 heteroatoms. The molecule has 8 nitrogen and oxygen atoms in total. The minimum absolute atomic E-state index is 0.156. The zero-order valence-electron chi connectivity index (χ0n) is 20.1. The predicted molar refractivity (Wildman–Crippen MR) is 140 cm³/mol. The van der Waals surface area contributed by atoms with E-state index in [4.69, 9.17) is 4.74 Å². The predicted octanol–water partition coefficient (Wildman–Crippen LogP) is 4.75. The van der Waals surface area contributed by atoms with E-state index in [0.29, 0.717) is 16.5 Å². The third-order valence-corrected chi connectivity index (χ3v) is 7.27. The molecule has 4 aromatic rings. The topological polar surface area (TPSA) is 98.1 Å². The first-order valence-electron chi connectivity index (χ1n) is 11.4. The van der Waals surface area contributed by atoms with Crippen molar-refractivity contribution in [1.82, 2.24) is 14.9 Å². The average molecular weight is 500 g/mol. The van der Waals surface area contributed by atoms with Crippen LogP contribution in [-0.4, -0.2) is 39.1 Å². The fraction of sp³-hybridized carbons (Fsp3) is 0.185. The van der Waals surface area contributed by atoms with Crippen molar-refractivity contribution in [3.8, 4) is 11.4 Å². The van der Waals surface area contributed by atoms with Crippen LogP contribution in [0.4, 0.5) is 5.69 Å². The first-order chi connectivity index (χ1) is 17.4. The number of esters is 1. The quantitative estimate of drug-likeness (QED) is 0.383. The first kappa shape index (κ1) is 23.6. The number of anilines is 1. The summed E-state index contributed by atoms with van der Waals surface area (Å²) >= 11 is 1.35. The van der Waals surface area contributed by atoms with E-state index in [1.807, 2.05) is 79.2 Å². The molecule has 0 bridgehead atoms. The van der Waals surface area contributed by atoms with Crippen molar-refractivity contribution in [2.45, 2.75) is 30.3 Å². The number of aromatic nitrogens is 3. The monoisotopic (exact) mass is 499 g/mol. The molecule has 0 unspecified atom stereocenters. The highest BCUT2D eigenvalue weighted by Crippen LogP contribution is 2.39. The largest absolute Gasteiger partial charge is 0.465 e. The molecule has 0 saturated carbocycles. The van der Waals surface area contributed by atoms with E-state index in [1.165, 1.54) is 18.9 Å². The van der Waals surface area contributed by atoms with Crippen LogP contribution in [0.15, 0.2) is 78.0 Å². The van der Waals surface area contributed by atoms with Crippen molar-refractivity contribution < 1.29 is 14.3 Å². The third-order valence-electron chi connectivity index (χ3n) is 6.06. The van der Waals surface area contributed by atoms with Gasteiger partial charge in [-0.3, -0.25) is 4.79 Å². The van der Waals surface area contributed by atoms with E-state index >= 15 is 0 Å². The molecule has 0 spiro atoms. The van der Waals surface area contributed by atoms with Crippen LogP contribution >= 0.6 is 11.8 Å². The lowest BCUT2D eigenvalue weighted by Gasteiger charge is -2.33. The highest BCUT2D eigenvalue weighted by Gasteiger charge is 2.38. The molecule has 1 aliphatic rings. The number of amides is 1. The Labute approximate surface area is 213 Å². The van der Waals surface area contributed by atoms with Gasteiger partial charge in [0.05, 0.1) is 18.7 Å². The summed E-state index contributed by atoms with van der Waals surface area (Å²) in [4.78, 5) is 25.5. The molecular weight excluding hydrogens is 474 g/mol. The van der Waals surface area contributed by atoms with Crippen molar-refractivity contribution in [3.63, 3.8) is 0 Å². The molecule has 36 heavy (non-hydrogen) atoms. The summed E-state index contributed by atoms with van der Waals surface area (Å²) in [6.45, 7) is 3.99. The van der Waals surface area contributed by atoms with E-state index in [2.05, 4.69) is 20.9 Å². The van der Waals surface area contributed by atoms with E-state index in [9.17, 15) is 9.59 Å². The highest BCUT2D eigenvalue weighted by atomic mass is 32.2. The second kappa shape index (κ2) is 9.87. The van der Waals surface area contributed by atoms with Gasteiger partial charge in [-0.1, -0.05) is 71.9 Å². The molecule has 5 rings (SSSR count). The number of ether oxygens (including phenoxy) is 1. The zero-order chi connectivity index (χ0) is 25.2. The van der Waals surface area contributed by atoms with Crippen LogP contribution in [0.25, 0.3) is 11.4 Å². The van der Waals surface area contributed by atoms with Gasteiger partial charge >= 0.3 is 5.97 Å². The third kappa shape index (κ3) is 4.57. The molecule has 3 aromatic carbocycles. The van der Waals surface area contributed by atoms with Crippen molar-refractivity contribution in [3.05, 3.63) is 95.1 Å². The van der Waals surface area contributed by atoms with Gasteiger partial charge in [0.25, 0.3) is 0 Å². The Hall–Kier alpha value is -4.11. The van der Waals surface area contributed by atoms with Gasteiger partial charge in [0.1, 0.15) is 5.25 Å². The molecule has 2 heterocycles. The van der Waals surface area contributed by atoms with Crippen LogP contribution < -0.4 is 10.7 Å². The Morgan fingerprint density at radius 3 is 2.44 bits per heavy atom. The molecule has 1 amide bonds. The smallest absolute Gasteiger partial charge is 0.337 e. The minimum Gasteiger partial charge on any atom is -0.465 e. The van der Waals surface area contributed by atoms with Gasteiger partial charge in [0.15, 0.2) is 5.82 Å². The van der Waals surface area contributed by atoms with E-state index in [0.717, 1.165) is 27.9 Å². The van der Waals surface area contributed by atoms with Gasteiger partial charge in [0.2, 0.25) is 11.1 Å². The van der Waals surface area contributed by atoms with E-state index < -0.39 is 17.3 Å². The summed E-state index contributed by atoms with van der Waals surface area (Å²) < 4.78 is 6.64. The number of nitrogens with zero attached hydrogens (tertiary/aromatic N) is 3. The summed E-state index contributed by atoms with van der Waals surface area (Å²) in [5.41, 5.74) is 8.53. The fourth-order valence-corrected chi connectivity index (χ4v) is 5.26. The second-order valence-corrected chi connectivity index (χ2v) is 9.68. The lowest BCUT2D eigenvalue weighted by atomic mass is 10.0. The number of carbonyl (C=O) groups excluding carboxylic acids is 2. The zero-order valence-corrected chi connectivity index (χ0v) is 20.9. The van der Waals surface area contributed by atoms with Crippen molar-refractivity contribution >= 4 is 29.3 Å². The highest BCUT2D eigenvalue weighted by molar-refractivity contribution is 8.00. The van der Waals surface area contributed by atoms with Crippen molar-refractivity contribution in [1.29, 1.82) is 0 Å². The maximum atomic E-state index is 13.6. The SMILES string of the molecule is COC(=O)c1ccc([C@@H]2Nn3c(nnc3-c3ccccc3)S[C@H]2C(=O)Nc2ccc(C)cc2C)cc1. The summed E-state index contributed by atoms with van der Waals surface area (Å²) in [6.07, 6.45) is 0. The Morgan fingerprint density at radius 2 is 1.75 bits per heavy atom. The second-order valence-electron chi connectivity index (χ2n) is 8.57. The number of nitrogens with one attached hydrogen (secondary N) is 2. The number of hydrogen-bond donors (Lipinski definition) is 2. The fourth-order valence-electron chi connectivity index (χ4n) is 4.18. The van der Waals surface area contributed by atoms with Crippen LogP contribution in [0.5, 0.6) is 0 Å². The lowest BCUT2D eigenvalue weighted by Crippen LogP contribution is -2.41. The number of methoxy groups -OCH3 is 1. The van der Waals surface area contributed by atoms with Gasteiger partial charge in [-0.15, -0.1) is 10.2 Å². The lowest BCUT2D eigenvalue weighted by molar-refractivity contribution is -0.116. The summed E-state index contributed by atoms with van der Waals surface area (Å²) in [7, 11) is 1.35. The maximum Gasteiger partial charge on any atom is 0.337 e. The number of aryl methyl sites for hydroxylation is 2. The molecule has 0 fully saturated rings. The molecule has 0 aliphatic carbocycles. The van der Waals surface area contributed by atoms with Gasteiger partial charge in [0, 0.05) is 11.3 Å². The molecule has 0 radical (unpaired) electrons. The molecule has 2 N–H and O–H groups in total. The molecule has 182 valence electrons. The Kier molecular flexibility index (Phi) is 6.47. The Balaban J connectivity index is 1.51. The van der Waals surface area contributed by atoms with E-state index in [-0.39, 0.29) is 5.91 Å². The first-order valence-corrected chi connectivity index (χ1v) is 12.3. The van der Waals surface area contributed by atoms with Crippen molar-refractivity contribution in [2.24, 2.45) is 0 Å². The van der Waals surface area contributed by atoms with Crippen LogP contribution in [0.1, 0.15) is 33.1 Å². The molecule has 2 atom stereocenters.